The molecule has 0 aromatic rings. The summed E-state index contributed by atoms with van der Waals surface area (Å²) in [5.41, 5.74) is -0.484. The summed E-state index contributed by atoms with van der Waals surface area (Å²) in [5, 5.41) is 13.4. The molecule has 0 aromatic heterocycles. The van der Waals surface area contributed by atoms with E-state index in [1.165, 1.54) is 12.8 Å². The summed E-state index contributed by atoms with van der Waals surface area (Å²) in [6, 6.07) is 0.499. The molecule has 2 saturated carbocycles. The number of esters is 1. The van der Waals surface area contributed by atoms with Crippen molar-refractivity contribution in [3.63, 3.8) is 0 Å². The minimum absolute atomic E-state index is 0.0751. The van der Waals surface area contributed by atoms with E-state index in [4.69, 9.17) is 4.74 Å². The van der Waals surface area contributed by atoms with Crippen molar-refractivity contribution < 1.29 is 14.6 Å². The standard InChI is InChI=1S/C15H27NO3S/c1-3-19-14(18)15(16-12-6-7-12)8-4-5-13(9-15)20-11(2)10-17/h11-13,16-17H,3-10H2,1-2H3. The minimum atomic E-state index is -0.484. The van der Waals surface area contributed by atoms with E-state index >= 15 is 0 Å². The number of nitrogens with one attached hydrogen (secondary N) is 1. The number of aliphatic hydroxyl groups excluding tert-OH is 1. The first-order valence-corrected chi connectivity index (χ1v) is 8.75. The first kappa shape index (κ1) is 16.1. The molecule has 2 aliphatic carbocycles. The third-order valence-corrected chi connectivity index (χ3v) is 5.51. The van der Waals surface area contributed by atoms with Crippen LogP contribution in [0.4, 0.5) is 0 Å². The number of aliphatic hydroxyl groups is 1. The van der Waals surface area contributed by atoms with Crippen molar-refractivity contribution in [2.45, 2.75) is 74.5 Å². The van der Waals surface area contributed by atoms with Crippen molar-refractivity contribution in [2.75, 3.05) is 13.2 Å². The average molecular weight is 301 g/mol. The van der Waals surface area contributed by atoms with Crippen molar-refractivity contribution in [2.24, 2.45) is 0 Å². The third kappa shape index (κ3) is 4.12. The summed E-state index contributed by atoms with van der Waals surface area (Å²) in [4.78, 5) is 12.4. The molecule has 0 aromatic carbocycles. The van der Waals surface area contributed by atoms with Crippen LogP contribution in [0.15, 0.2) is 0 Å². The SMILES string of the molecule is CCOC(=O)C1(NC2CC2)CCCC(SC(C)CO)C1. The van der Waals surface area contributed by atoms with Crippen LogP contribution in [0.3, 0.4) is 0 Å². The van der Waals surface area contributed by atoms with E-state index in [1.807, 2.05) is 25.6 Å². The Bertz CT molecular complexity index is 335. The summed E-state index contributed by atoms with van der Waals surface area (Å²) in [5.74, 6) is -0.0751. The van der Waals surface area contributed by atoms with Gasteiger partial charge in [0.1, 0.15) is 5.54 Å². The monoisotopic (exact) mass is 301 g/mol. The molecule has 2 N–H and O–H groups in total. The molecule has 0 amide bonds. The molecule has 3 unspecified atom stereocenters. The molecule has 0 saturated heterocycles. The number of ether oxygens (including phenoxy) is 1. The van der Waals surface area contributed by atoms with Crippen LogP contribution in [0.25, 0.3) is 0 Å². The predicted octanol–water partition coefficient (Wildman–Crippen LogP) is 2.10. The summed E-state index contributed by atoms with van der Waals surface area (Å²) in [6.07, 6.45) is 6.24. The molecule has 0 heterocycles. The lowest BCUT2D eigenvalue weighted by Crippen LogP contribution is -2.57. The number of thioether (sulfide) groups is 1. The molecule has 2 aliphatic rings. The Morgan fingerprint density at radius 3 is 2.85 bits per heavy atom. The highest BCUT2D eigenvalue weighted by Gasteiger charge is 2.47. The molecule has 5 heteroatoms. The van der Waals surface area contributed by atoms with E-state index in [0.717, 1.165) is 25.7 Å². The molecular weight excluding hydrogens is 274 g/mol. The second-order valence-corrected chi connectivity index (χ2v) is 7.81. The average Bonchev–Trinajstić information content (AvgIpc) is 3.23. The lowest BCUT2D eigenvalue weighted by Gasteiger charge is -2.40. The predicted molar refractivity (Wildman–Crippen MR) is 81.9 cm³/mol. The fourth-order valence-corrected chi connectivity index (χ4v) is 4.40. The molecule has 0 bridgehead atoms. The molecular formula is C15H27NO3S. The molecule has 3 atom stereocenters. The Kier molecular flexibility index (Phi) is 5.75. The molecule has 116 valence electrons. The molecule has 4 nitrogen and oxygen atoms in total. The summed E-state index contributed by atoms with van der Waals surface area (Å²) >= 11 is 1.81. The van der Waals surface area contributed by atoms with Gasteiger partial charge in [0.2, 0.25) is 0 Å². The summed E-state index contributed by atoms with van der Waals surface area (Å²) in [7, 11) is 0. The van der Waals surface area contributed by atoms with E-state index in [-0.39, 0.29) is 17.8 Å². The van der Waals surface area contributed by atoms with Gasteiger partial charge in [-0.2, -0.15) is 11.8 Å². The highest BCUT2D eigenvalue weighted by atomic mass is 32.2. The van der Waals surface area contributed by atoms with E-state index in [9.17, 15) is 9.90 Å². The first-order chi connectivity index (χ1) is 9.59. The molecule has 2 rings (SSSR count). The van der Waals surface area contributed by atoms with Crippen LogP contribution in [0.5, 0.6) is 0 Å². The van der Waals surface area contributed by atoms with Crippen LogP contribution in [-0.4, -0.2) is 46.4 Å². The van der Waals surface area contributed by atoms with Gasteiger partial charge in [0.15, 0.2) is 0 Å². The lowest BCUT2D eigenvalue weighted by atomic mass is 9.81. The van der Waals surface area contributed by atoms with E-state index in [2.05, 4.69) is 5.32 Å². The van der Waals surface area contributed by atoms with Crippen molar-refractivity contribution in [1.82, 2.24) is 5.32 Å². The van der Waals surface area contributed by atoms with E-state index in [1.54, 1.807) is 0 Å². The van der Waals surface area contributed by atoms with Gasteiger partial charge in [-0.15, -0.1) is 0 Å². The van der Waals surface area contributed by atoms with Gasteiger partial charge >= 0.3 is 5.97 Å². The largest absolute Gasteiger partial charge is 0.465 e. The van der Waals surface area contributed by atoms with Crippen LogP contribution in [0.1, 0.15) is 52.4 Å². The van der Waals surface area contributed by atoms with Crippen molar-refractivity contribution >= 4 is 17.7 Å². The smallest absolute Gasteiger partial charge is 0.326 e. The second kappa shape index (κ2) is 7.14. The number of carbonyl (C=O) groups excluding carboxylic acids is 1. The second-order valence-electron chi connectivity index (χ2n) is 6.07. The third-order valence-electron chi connectivity index (χ3n) is 4.11. The molecule has 20 heavy (non-hydrogen) atoms. The Balaban J connectivity index is 2.02. The zero-order valence-corrected chi connectivity index (χ0v) is 13.4. The van der Waals surface area contributed by atoms with E-state index in [0.29, 0.717) is 17.9 Å². The topological polar surface area (TPSA) is 58.6 Å². The van der Waals surface area contributed by atoms with Gasteiger partial charge in [-0.3, -0.25) is 10.1 Å². The van der Waals surface area contributed by atoms with Crippen molar-refractivity contribution in [1.29, 1.82) is 0 Å². The van der Waals surface area contributed by atoms with Crippen molar-refractivity contribution in [3.8, 4) is 0 Å². The number of rotatable bonds is 7. The first-order valence-electron chi connectivity index (χ1n) is 7.81. The number of carbonyl (C=O) groups is 1. The van der Waals surface area contributed by atoms with Gasteiger partial charge in [0.25, 0.3) is 0 Å². The van der Waals surface area contributed by atoms with Crippen LogP contribution >= 0.6 is 11.8 Å². The van der Waals surface area contributed by atoms with Gasteiger partial charge in [0.05, 0.1) is 13.2 Å². The summed E-state index contributed by atoms with van der Waals surface area (Å²) in [6.45, 7) is 4.55. The molecule has 0 radical (unpaired) electrons. The van der Waals surface area contributed by atoms with Crippen LogP contribution in [0.2, 0.25) is 0 Å². The van der Waals surface area contributed by atoms with Crippen LogP contribution in [0, 0.1) is 0 Å². The molecule has 0 spiro atoms. The Morgan fingerprint density at radius 1 is 1.50 bits per heavy atom. The minimum Gasteiger partial charge on any atom is -0.465 e. The lowest BCUT2D eigenvalue weighted by molar-refractivity contribution is -0.152. The van der Waals surface area contributed by atoms with E-state index < -0.39 is 5.54 Å². The zero-order valence-electron chi connectivity index (χ0n) is 12.6. The van der Waals surface area contributed by atoms with Crippen LogP contribution in [-0.2, 0) is 9.53 Å². The van der Waals surface area contributed by atoms with Gasteiger partial charge in [-0.25, -0.2) is 0 Å². The fraction of sp³-hybridized carbons (Fsp3) is 0.933. The number of hydrogen-bond donors (Lipinski definition) is 2. The van der Waals surface area contributed by atoms with Gasteiger partial charge < -0.3 is 9.84 Å². The number of hydrogen-bond acceptors (Lipinski definition) is 5. The Labute approximate surface area is 126 Å². The fourth-order valence-electron chi connectivity index (χ4n) is 2.98. The quantitative estimate of drug-likeness (QED) is 0.705. The highest BCUT2D eigenvalue weighted by Crippen LogP contribution is 2.39. The van der Waals surface area contributed by atoms with Gasteiger partial charge in [0, 0.05) is 16.5 Å². The van der Waals surface area contributed by atoms with Gasteiger partial charge in [-0.05, 0) is 45.4 Å². The Morgan fingerprint density at radius 2 is 2.25 bits per heavy atom. The molecule has 2 fully saturated rings. The van der Waals surface area contributed by atoms with Crippen LogP contribution < -0.4 is 5.32 Å². The molecule has 0 aliphatic heterocycles. The van der Waals surface area contributed by atoms with Gasteiger partial charge in [-0.1, -0.05) is 6.92 Å². The summed E-state index contributed by atoms with van der Waals surface area (Å²) < 4.78 is 5.33. The normalized spacial score (nSPS) is 31.9. The highest BCUT2D eigenvalue weighted by molar-refractivity contribution is 8.00. The van der Waals surface area contributed by atoms with Crippen molar-refractivity contribution in [3.05, 3.63) is 0 Å². The maximum Gasteiger partial charge on any atom is 0.326 e. The maximum absolute atomic E-state index is 12.4. The maximum atomic E-state index is 12.4. The Hall–Kier alpha value is -0.260. The zero-order chi connectivity index (χ0) is 14.6.